The monoisotopic (exact) mass is 310 g/mol. The van der Waals surface area contributed by atoms with Crippen molar-refractivity contribution in [2.75, 3.05) is 5.32 Å². The molecule has 0 amide bonds. The van der Waals surface area contributed by atoms with Crippen LogP contribution in [0.1, 0.15) is 34.2 Å². The van der Waals surface area contributed by atoms with Crippen LogP contribution in [0.5, 0.6) is 0 Å². The Balaban J connectivity index is 2.16. The van der Waals surface area contributed by atoms with Crippen LogP contribution >= 0.6 is 0 Å². The number of pyridine rings is 1. The lowest BCUT2D eigenvalue weighted by atomic mass is 10.2. The molecular formula is C17H22N6. The molecular weight excluding hydrogens is 288 g/mol. The molecule has 0 radical (unpaired) electrons. The van der Waals surface area contributed by atoms with Crippen molar-refractivity contribution in [3.05, 3.63) is 34.2 Å². The molecule has 0 aliphatic carbocycles. The molecule has 0 atom stereocenters. The van der Waals surface area contributed by atoms with E-state index in [0.29, 0.717) is 0 Å². The molecule has 0 bridgehead atoms. The predicted octanol–water partition coefficient (Wildman–Crippen LogP) is 3.35. The lowest BCUT2D eigenvalue weighted by molar-refractivity contribution is 0.883. The number of aryl methyl sites for hydroxylation is 7. The van der Waals surface area contributed by atoms with E-state index in [9.17, 15) is 0 Å². The van der Waals surface area contributed by atoms with E-state index in [-0.39, 0.29) is 0 Å². The summed E-state index contributed by atoms with van der Waals surface area (Å²) in [5, 5.41) is 3.35. The maximum absolute atomic E-state index is 4.69. The number of hydrogen-bond donors (Lipinski definition) is 1. The summed E-state index contributed by atoms with van der Waals surface area (Å²) in [6.45, 7) is 11.9. The van der Waals surface area contributed by atoms with Crippen molar-refractivity contribution >= 4 is 22.7 Å². The van der Waals surface area contributed by atoms with Gasteiger partial charge in [-0.2, -0.15) is 0 Å². The van der Waals surface area contributed by atoms with Crippen LogP contribution in [0.15, 0.2) is 0 Å². The number of hydrogen-bond acceptors (Lipinski definition) is 5. The highest BCUT2D eigenvalue weighted by Gasteiger charge is 2.16. The minimum atomic E-state index is 0.751. The van der Waals surface area contributed by atoms with Gasteiger partial charge in [0.15, 0.2) is 5.82 Å². The Hall–Kier alpha value is -2.50. The zero-order valence-corrected chi connectivity index (χ0v) is 14.7. The molecule has 3 aromatic heterocycles. The van der Waals surface area contributed by atoms with Crippen LogP contribution in [0.3, 0.4) is 0 Å². The molecule has 0 unspecified atom stereocenters. The Labute approximate surface area is 136 Å². The van der Waals surface area contributed by atoms with E-state index in [1.807, 2.05) is 41.7 Å². The number of imidazole rings is 1. The first-order valence-electron chi connectivity index (χ1n) is 7.68. The van der Waals surface area contributed by atoms with Crippen molar-refractivity contribution in [2.24, 2.45) is 7.05 Å². The van der Waals surface area contributed by atoms with Crippen LogP contribution < -0.4 is 5.32 Å². The molecule has 0 aliphatic rings. The van der Waals surface area contributed by atoms with Crippen LogP contribution in [0, 0.1) is 41.5 Å². The Morgan fingerprint density at radius 3 is 2.00 bits per heavy atom. The summed E-state index contributed by atoms with van der Waals surface area (Å²) in [7, 11) is 2.03. The minimum Gasteiger partial charge on any atom is -0.331 e. The summed E-state index contributed by atoms with van der Waals surface area (Å²) in [4.78, 5) is 18.4. The van der Waals surface area contributed by atoms with E-state index in [1.54, 1.807) is 0 Å². The first-order valence-corrected chi connectivity index (χ1v) is 7.68. The van der Waals surface area contributed by atoms with Gasteiger partial charge >= 0.3 is 0 Å². The second-order valence-corrected chi connectivity index (χ2v) is 6.04. The van der Waals surface area contributed by atoms with Gasteiger partial charge in [-0.25, -0.2) is 15.0 Å². The lowest BCUT2D eigenvalue weighted by Crippen LogP contribution is -2.06. The second-order valence-electron chi connectivity index (χ2n) is 6.04. The van der Waals surface area contributed by atoms with E-state index in [2.05, 4.69) is 36.7 Å². The van der Waals surface area contributed by atoms with Gasteiger partial charge in [0, 0.05) is 12.6 Å². The van der Waals surface area contributed by atoms with Crippen LogP contribution in [-0.4, -0.2) is 24.5 Å². The Morgan fingerprint density at radius 1 is 0.696 bits per heavy atom. The number of nitrogens with one attached hydrogen (secondary N) is 1. The smallest absolute Gasteiger partial charge is 0.153 e. The van der Waals surface area contributed by atoms with E-state index >= 15 is 0 Å². The fourth-order valence-corrected chi connectivity index (χ4v) is 2.78. The molecule has 0 saturated carbocycles. The average molecular weight is 310 g/mol. The van der Waals surface area contributed by atoms with Crippen molar-refractivity contribution in [2.45, 2.75) is 41.5 Å². The first-order chi connectivity index (χ1) is 10.8. The largest absolute Gasteiger partial charge is 0.331 e. The molecule has 3 heterocycles. The van der Waals surface area contributed by atoms with E-state index in [0.717, 1.165) is 56.8 Å². The molecule has 0 spiro atoms. The SMILES string of the molecule is Cc1nc(C)c(Nc2nc(C)c3nc(C)n(C)c3c2C)nc1C. The minimum absolute atomic E-state index is 0.751. The molecule has 0 saturated heterocycles. The Bertz CT molecular complexity index is 923. The third-order valence-corrected chi connectivity index (χ3v) is 4.37. The molecule has 6 nitrogen and oxygen atoms in total. The first kappa shape index (κ1) is 15.4. The molecule has 1 N–H and O–H groups in total. The normalized spacial score (nSPS) is 11.3. The molecule has 120 valence electrons. The van der Waals surface area contributed by atoms with E-state index < -0.39 is 0 Å². The zero-order valence-electron chi connectivity index (χ0n) is 14.7. The third-order valence-electron chi connectivity index (χ3n) is 4.37. The van der Waals surface area contributed by atoms with Crippen molar-refractivity contribution < 1.29 is 0 Å². The highest BCUT2D eigenvalue weighted by Crippen LogP contribution is 2.28. The summed E-state index contributed by atoms with van der Waals surface area (Å²) in [5.74, 6) is 2.53. The number of aromatic nitrogens is 5. The van der Waals surface area contributed by atoms with Crippen molar-refractivity contribution in [1.29, 1.82) is 0 Å². The molecule has 3 rings (SSSR count). The van der Waals surface area contributed by atoms with Gasteiger partial charge in [0.2, 0.25) is 0 Å². The molecule has 23 heavy (non-hydrogen) atoms. The number of rotatable bonds is 2. The summed E-state index contributed by atoms with van der Waals surface area (Å²) in [6.07, 6.45) is 0. The molecule has 3 aromatic rings. The highest BCUT2D eigenvalue weighted by atomic mass is 15.1. The van der Waals surface area contributed by atoms with E-state index in [1.165, 1.54) is 0 Å². The van der Waals surface area contributed by atoms with E-state index in [4.69, 9.17) is 0 Å². The predicted molar refractivity (Wildman–Crippen MR) is 92.2 cm³/mol. The standard InChI is InChI=1S/C17H22N6/c1-8-15-14(21-13(6)23(15)7)11(4)20-16(8)22-17-12(5)18-9(2)10(3)19-17/h1-7H3,(H,19,20,22). The summed E-state index contributed by atoms with van der Waals surface area (Å²) < 4.78 is 2.10. The quantitative estimate of drug-likeness (QED) is 0.786. The van der Waals surface area contributed by atoms with Gasteiger partial charge in [-0.1, -0.05) is 0 Å². The molecule has 6 heteroatoms. The fraction of sp³-hybridized carbons (Fsp3) is 0.412. The average Bonchev–Trinajstić information content (AvgIpc) is 2.78. The van der Waals surface area contributed by atoms with Gasteiger partial charge in [-0.3, -0.25) is 4.98 Å². The Kier molecular flexibility index (Phi) is 3.55. The summed E-state index contributed by atoms with van der Waals surface area (Å²) in [5.41, 5.74) is 6.77. The van der Waals surface area contributed by atoms with Crippen molar-refractivity contribution in [3.8, 4) is 0 Å². The summed E-state index contributed by atoms with van der Waals surface area (Å²) >= 11 is 0. The van der Waals surface area contributed by atoms with Crippen LogP contribution in [0.4, 0.5) is 11.6 Å². The van der Waals surface area contributed by atoms with Gasteiger partial charge in [-0.05, 0) is 41.5 Å². The summed E-state index contributed by atoms with van der Waals surface area (Å²) in [6, 6.07) is 0. The van der Waals surface area contributed by atoms with Gasteiger partial charge in [0.1, 0.15) is 17.2 Å². The maximum atomic E-state index is 4.69. The molecule has 0 aromatic carbocycles. The third kappa shape index (κ3) is 2.44. The lowest BCUT2D eigenvalue weighted by Gasteiger charge is -2.13. The zero-order chi connectivity index (χ0) is 16.9. The number of nitrogens with zero attached hydrogens (tertiary/aromatic N) is 5. The van der Waals surface area contributed by atoms with Crippen LogP contribution in [-0.2, 0) is 7.05 Å². The highest BCUT2D eigenvalue weighted by molar-refractivity contribution is 5.86. The van der Waals surface area contributed by atoms with Gasteiger partial charge < -0.3 is 9.88 Å². The van der Waals surface area contributed by atoms with Gasteiger partial charge in [0.25, 0.3) is 0 Å². The Morgan fingerprint density at radius 2 is 1.30 bits per heavy atom. The topological polar surface area (TPSA) is 68.5 Å². The van der Waals surface area contributed by atoms with Crippen LogP contribution in [0.25, 0.3) is 11.0 Å². The van der Waals surface area contributed by atoms with Crippen LogP contribution in [0.2, 0.25) is 0 Å². The van der Waals surface area contributed by atoms with Gasteiger partial charge in [-0.15, -0.1) is 0 Å². The van der Waals surface area contributed by atoms with Crippen molar-refractivity contribution in [3.63, 3.8) is 0 Å². The molecule has 0 fully saturated rings. The fourth-order valence-electron chi connectivity index (χ4n) is 2.78. The maximum Gasteiger partial charge on any atom is 0.153 e. The molecule has 0 aliphatic heterocycles. The second kappa shape index (κ2) is 5.30. The van der Waals surface area contributed by atoms with Crippen molar-refractivity contribution in [1.82, 2.24) is 24.5 Å². The number of anilines is 2. The van der Waals surface area contributed by atoms with Gasteiger partial charge in [0.05, 0.1) is 28.3 Å². The number of fused-ring (bicyclic) bond motifs is 1.